The monoisotopic (exact) mass is 280 g/mol. The van der Waals surface area contributed by atoms with Crippen LogP contribution < -0.4 is 10.6 Å². The van der Waals surface area contributed by atoms with Crippen LogP contribution in [-0.2, 0) is 16.0 Å². The highest BCUT2D eigenvalue weighted by Gasteiger charge is 2.40. The van der Waals surface area contributed by atoms with Crippen LogP contribution in [0.3, 0.4) is 0 Å². The summed E-state index contributed by atoms with van der Waals surface area (Å²) < 4.78 is 0. The molecule has 1 aliphatic rings. The fourth-order valence-electron chi connectivity index (χ4n) is 2.53. The maximum Gasteiger partial charge on any atom is 0.326 e. The lowest BCUT2D eigenvalue weighted by Gasteiger charge is -2.27. The number of aromatic amines is 1. The molecular formula is C13H20N4O3. The Morgan fingerprint density at radius 3 is 2.90 bits per heavy atom. The van der Waals surface area contributed by atoms with Crippen LogP contribution in [0.25, 0.3) is 0 Å². The number of amides is 1. The molecule has 1 saturated heterocycles. The molecule has 0 spiro atoms. The van der Waals surface area contributed by atoms with Crippen LogP contribution >= 0.6 is 0 Å². The number of imidazole rings is 1. The Hall–Kier alpha value is -1.89. The average Bonchev–Trinajstić information content (AvgIpc) is 3.09. The Labute approximate surface area is 117 Å². The van der Waals surface area contributed by atoms with Crippen molar-refractivity contribution in [1.82, 2.24) is 20.6 Å². The molecule has 1 aliphatic heterocycles. The van der Waals surface area contributed by atoms with Crippen LogP contribution in [0.5, 0.6) is 0 Å². The summed E-state index contributed by atoms with van der Waals surface area (Å²) in [5.41, 5.74) is 0.203. The normalized spacial score (nSPS) is 23.4. The smallest absolute Gasteiger partial charge is 0.326 e. The topological polar surface area (TPSA) is 107 Å². The number of aromatic nitrogens is 2. The molecule has 0 aliphatic carbocycles. The van der Waals surface area contributed by atoms with E-state index < -0.39 is 17.4 Å². The van der Waals surface area contributed by atoms with Crippen molar-refractivity contribution in [2.75, 3.05) is 13.1 Å². The van der Waals surface area contributed by atoms with Crippen molar-refractivity contribution < 1.29 is 14.7 Å². The van der Waals surface area contributed by atoms with E-state index in [0.717, 1.165) is 13.0 Å². The van der Waals surface area contributed by atoms with E-state index in [4.69, 9.17) is 0 Å². The van der Waals surface area contributed by atoms with Crippen LogP contribution in [0, 0.1) is 5.41 Å². The summed E-state index contributed by atoms with van der Waals surface area (Å²) in [5.74, 6) is -1.22. The molecule has 2 rings (SSSR count). The molecule has 110 valence electrons. The van der Waals surface area contributed by atoms with Crippen molar-refractivity contribution in [3.05, 3.63) is 18.2 Å². The van der Waals surface area contributed by atoms with Crippen molar-refractivity contribution >= 4 is 11.9 Å². The summed E-state index contributed by atoms with van der Waals surface area (Å²) in [7, 11) is 0. The number of carbonyl (C=O) groups is 2. The SMILES string of the molecule is CCC1(C(=O)N[C@H](Cc2cnc[nH]2)C(=O)O)CCNC1. The molecule has 4 N–H and O–H groups in total. The molecule has 2 heterocycles. The fourth-order valence-corrected chi connectivity index (χ4v) is 2.53. The quantitative estimate of drug-likeness (QED) is 0.582. The molecule has 1 fully saturated rings. The second-order valence-corrected chi connectivity index (χ2v) is 5.21. The number of nitrogens with one attached hydrogen (secondary N) is 3. The summed E-state index contributed by atoms with van der Waals surface area (Å²) in [6.07, 6.45) is 4.70. The Bertz CT molecular complexity index is 466. The van der Waals surface area contributed by atoms with Crippen molar-refractivity contribution in [1.29, 1.82) is 0 Å². The number of H-pyrrole nitrogens is 1. The molecule has 1 unspecified atom stereocenters. The molecule has 1 amide bonds. The van der Waals surface area contributed by atoms with E-state index >= 15 is 0 Å². The van der Waals surface area contributed by atoms with E-state index in [0.29, 0.717) is 18.7 Å². The molecule has 0 saturated carbocycles. The maximum atomic E-state index is 12.4. The van der Waals surface area contributed by atoms with Crippen LogP contribution in [0.2, 0.25) is 0 Å². The molecule has 20 heavy (non-hydrogen) atoms. The number of carbonyl (C=O) groups excluding carboxylic acids is 1. The number of rotatable bonds is 6. The first kappa shape index (κ1) is 14.5. The predicted octanol–water partition coefficient (Wildman–Crippen LogP) is -0.0887. The standard InChI is InChI=1S/C13H20N4O3/c1-2-13(3-4-14-7-13)12(20)17-10(11(18)19)5-9-6-15-8-16-9/h6,8,10,14H,2-5,7H2,1H3,(H,15,16)(H,17,20)(H,18,19)/t10-,13?/m1/s1. The minimum atomic E-state index is -1.04. The fraction of sp³-hybridized carbons (Fsp3) is 0.615. The van der Waals surface area contributed by atoms with Gasteiger partial charge in [0, 0.05) is 24.9 Å². The largest absolute Gasteiger partial charge is 0.480 e. The van der Waals surface area contributed by atoms with Crippen LogP contribution in [0.15, 0.2) is 12.5 Å². The highest BCUT2D eigenvalue weighted by Crippen LogP contribution is 2.29. The number of hydrogen-bond acceptors (Lipinski definition) is 4. The van der Waals surface area contributed by atoms with E-state index in [1.807, 2.05) is 6.92 Å². The van der Waals surface area contributed by atoms with Gasteiger partial charge in [0.15, 0.2) is 0 Å². The molecule has 1 aromatic heterocycles. The highest BCUT2D eigenvalue weighted by atomic mass is 16.4. The molecule has 0 bridgehead atoms. The van der Waals surface area contributed by atoms with Crippen molar-refractivity contribution in [3.63, 3.8) is 0 Å². The summed E-state index contributed by atoms with van der Waals surface area (Å²) in [6, 6.07) is -0.938. The van der Waals surface area contributed by atoms with E-state index in [1.165, 1.54) is 6.33 Å². The van der Waals surface area contributed by atoms with Crippen LogP contribution in [0.4, 0.5) is 0 Å². The number of hydrogen-bond donors (Lipinski definition) is 4. The lowest BCUT2D eigenvalue weighted by Crippen LogP contribution is -2.50. The van der Waals surface area contributed by atoms with E-state index in [1.54, 1.807) is 6.20 Å². The summed E-state index contributed by atoms with van der Waals surface area (Å²) in [5, 5.41) is 15.1. The average molecular weight is 280 g/mol. The molecule has 7 heteroatoms. The molecule has 0 radical (unpaired) electrons. The van der Waals surface area contributed by atoms with Gasteiger partial charge in [0.05, 0.1) is 11.7 Å². The minimum absolute atomic E-state index is 0.183. The third kappa shape index (κ3) is 2.98. The third-order valence-corrected chi connectivity index (χ3v) is 3.98. The van der Waals surface area contributed by atoms with Crippen LogP contribution in [-0.4, -0.2) is 46.1 Å². The second kappa shape index (κ2) is 6.04. The molecular weight excluding hydrogens is 260 g/mol. The van der Waals surface area contributed by atoms with E-state index in [2.05, 4.69) is 20.6 Å². The summed E-state index contributed by atoms with van der Waals surface area (Å²) in [6.45, 7) is 3.35. The second-order valence-electron chi connectivity index (χ2n) is 5.21. The lowest BCUT2D eigenvalue weighted by atomic mass is 9.83. The van der Waals surface area contributed by atoms with Crippen molar-refractivity contribution in [2.24, 2.45) is 5.41 Å². The van der Waals surface area contributed by atoms with Crippen molar-refractivity contribution in [3.8, 4) is 0 Å². The third-order valence-electron chi connectivity index (χ3n) is 3.98. The van der Waals surface area contributed by atoms with Gasteiger partial charge in [-0.15, -0.1) is 0 Å². The van der Waals surface area contributed by atoms with Gasteiger partial charge in [-0.2, -0.15) is 0 Å². The molecule has 7 nitrogen and oxygen atoms in total. The molecule has 0 aromatic carbocycles. The van der Waals surface area contributed by atoms with Gasteiger partial charge in [0.1, 0.15) is 6.04 Å². The first-order chi connectivity index (χ1) is 9.57. The van der Waals surface area contributed by atoms with Crippen LogP contribution in [0.1, 0.15) is 25.5 Å². The maximum absolute atomic E-state index is 12.4. The zero-order valence-electron chi connectivity index (χ0n) is 11.5. The zero-order chi connectivity index (χ0) is 14.6. The number of nitrogens with zero attached hydrogens (tertiary/aromatic N) is 1. The van der Waals surface area contributed by atoms with Gasteiger partial charge in [-0.3, -0.25) is 4.79 Å². The van der Waals surface area contributed by atoms with Crippen molar-refractivity contribution in [2.45, 2.75) is 32.2 Å². The lowest BCUT2D eigenvalue weighted by molar-refractivity contribution is -0.143. The first-order valence-electron chi connectivity index (χ1n) is 6.79. The Kier molecular flexibility index (Phi) is 4.39. The first-order valence-corrected chi connectivity index (χ1v) is 6.79. The van der Waals surface area contributed by atoms with E-state index in [-0.39, 0.29) is 12.3 Å². The Balaban J connectivity index is 2.04. The summed E-state index contributed by atoms with van der Waals surface area (Å²) >= 11 is 0. The highest BCUT2D eigenvalue weighted by molar-refractivity contribution is 5.88. The molecule has 2 atom stereocenters. The zero-order valence-corrected chi connectivity index (χ0v) is 11.5. The number of carboxylic acids is 1. The van der Waals surface area contributed by atoms with Gasteiger partial charge in [0.2, 0.25) is 5.91 Å². The van der Waals surface area contributed by atoms with Gasteiger partial charge >= 0.3 is 5.97 Å². The van der Waals surface area contributed by atoms with Gasteiger partial charge < -0.3 is 20.7 Å². The van der Waals surface area contributed by atoms with Gasteiger partial charge in [-0.1, -0.05) is 6.92 Å². The summed E-state index contributed by atoms with van der Waals surface area (Å²) in [4.78, 5) is 30.4. The van der Waals surface area contributed by atoms with Gasteiger partial charge in [0.25, 0.3) is 0 Å². The number of carboxylic acid groups (broad SMARTS) is 1. The Morgan fingerprint density at radius 2 is 2.40 bits per heavy atom. The molecule has 1 aromatic rings. The van der Waals surface area contributed by atoms with E-state index in [9.17, 15) is 14.7 Å². The minimum Gasteiger partial charge on any atom is -0.480 e. The van der Waals surface area contributed by atoms with Gasteiger partial charge in [-0.25, -0.2) is 9.78 Å². The number of aliphatic carboxylic acids is 1. The van der Waals surface area contributed by atoms with Gasteiger partial charge in [-0.05, 0) is 19.4 Å². The Morgan fingerprint density at radius 1 is 1.60 bits per heavy atom. The predicted molar refractivity (Wildman–Crippen MR) is 72.1 cm³/mol.